The zero-order valence-corrected chi connectivity index (χ0v) is 14.3. The van der Waals surface area contributed by atoms with Crippen LogP contribution in [0.15, 0.2) is 30.3 Å². The first-order valence-electron chi connectivity index (χ1n) is 6.91. The van der Waals surface area contributed by atoms with E-state index in [0.717, 1.165) is 12.0 Å². The van der Waals surface area contributed by atoms with E-state index in [-0.39, 0.29) is 12.2 Å². The van der Waals surface area contributed by atoms with Crippen molar-refractivity contribution in [2.45, 2.75) is 27.2 Å². The summed E-state index contributed by atoms with van der Waals surface area (Å²) in [5.41, 5.74) is 7.07. The van der Waals surface area contributed by atoms with Gasteiger partial charge in [0.25, 0.3) is 0 Å². The standard InChI is InChI=1S/C13H10Cl2FNO.C4H10/c14-11-4-8(17)5-12(15)10(11)3-7-1-2-9(18)6-13(7)16;1-4(2)3/h1-2,4-6,18H,3,17H2;4H,1-3H3. The highest BCUT2D eigenvalue weighted by Crippen LogP contribution is 2.30. The van der Waals surface area contributed by atoms with E-state index in [9.17, 15) is 4.39 Å². The number of aromatic hydroxyl groups is 1. The van der Waals surface area contributed by atoms with Crippen LogP contribution in [-0.2, 0) is 6.42 Å². The number of phenols is 1. The highest BCUT2D eigenvalue weighted by molar-refractivity contribution is 6.36. The largest absolute Gasteiger partial charge is 0.508 e. The van der Waals surface area contributed by atoms with Crippen LogP contribution in [0.25, 0.3) is 0 Å². The monoisotopic (exact) mass is 343 g/mol. The maximum atomic E-state index is 13.6. The molecule has 0 spiro atoms. The SMILES string of the molecule is CC(C)C.Nc1cc(Cl)c(Cc2ccc(O)cc2F)c(Cl)c1. The molecule has 5 heteroatoms. The van der Waals surface area contributed by atoms with E-state index < -0.39 is 5.82 Å². The number of hydrogen-bond donors (Lipinski definition) is 2. The van der Waals surface area contributed by atoms with Gasteiger partial charge in [0.2, 0.25) is 0 Å². The number of hydrogen-bond acceptors (Lipinski definition) is 2. The van der Waals surface area contributed by atoms with Crippen molar-refractivity contribution in [1.82, 2.24) is 0 Å². The van der Waals surface area contributed by atoms with Crippen molar-refractivity contribution < 1.29 is 9.50 Å². The molecule has 0 saturated carbocycles. The molecule has 0 saturated heterocycles. The lowest BCUT2D eigenvalue weighted by Crippen LogP contribution is -1.96. The fraction of sp³-hybridized carbons (Fsp3) is 0.294. The Morgan fingerprint density at radius 3 is 2.05 bits per heavy atom. The zero-order chi connectivity index (χ0) is 16.9. The van der Waals surface area contributed by atoms with Gasteiger partial charge in [0.05, 0.1) is 0 Å². The van der Waals surface area contributed by atoms with E-state index in [1.54, 1.807) is 12.1 Å². The van der Waals surface area contributed by atoms with Crippen molar-refractivity contribution in [2.75, 3.05) is 5.73 Å². The third kappa shape index (κ3) is 5.74. The van der Waals surface area contributed by atoms with Gasteiger partial charge in [-0.05, 0) is 35.2 Å². The van der Waals surface area contributed by atoms with Gasteiger partial charge in [0, 0.05) is 28.2 Å². The van der Waals surface area contributed by atoms with Crippen LogP contribution in [0.2, 0.25) is 10.0 Å². The number of benzene rings is 2. The molecule has 2 aromatic rings. The Hall–Kier alpha value is -1.45. The van der Waals surface area contributed by atoms with Gasteiger partial charge in [0.15, 0.2) is 0 Å². The van der Waals surface area contributed by atoms with E-state index in [1.165, 1.54) is 12.1 Å². The normalized spacial score (nSPS) is 10.3. The van der Waals surface area contributed by atoms with Gasteiger partial charge in [-0.1, -0.05) is 50.0 Å². The number of nitrogen functional groups attached to an aromatic ring is 1. The van der Waals surface area contributed by atoms with Crippen LogP contribution < -0.4 is 5.73 Å². The summed E-state index contributed by atoms with van der Waals surface area (Å²) in [6.45, 7) is 6.50. The van der Waals surface area contributed by atoms with Crippen LogP contribution >= 0.6 is 23.2 Å². The van der Waals surface area contributed by atoms with Crippen molar-refractivity contribution in [3.05, 3.63) is 57.3 Å². The molecule has 0 aliphatic heterocycles. The molecule has 2 rings (SSSR count). The average molecular weight is 344 g/mol. The fourth-order valence-corrected chi connectivity index (χ4v) is 2.30. The molecule has 0 fully saturated rings. The summed E-state index contributed by atoms with van der Waals surface area (Å²) in [6, 6.07) is 7.10. The summed E-state index contributed by atoms with van der Waals surface area (Å²) in [7, 11) is 0. The fourth-order valence-electron chi connectivity index (χ4n) is 1.66. The number of halogens is 3. The van der Waals surface area contributed by atoms with E-state index in [1.807, 2.05) is 0 Å². The summed E-state index contributed by atoms with van der Waals surface area (Å²) in [5.74, 6) is 0.213. The van der Waals surface area contributed by atoms with Gasteiger partial charge in [-0.15, -0.1) is 0 Å². The Labute approximate surface area is 140 Å². The molecule has 0 unspecified atom stereocenters. The summed E-state index contributed by atoms with van der Waals surface area (Å²) >= 11 is 12.1. The van der Waals surface area contributed by atoms with Crippen LogP contribution in [0.1, 0.15) is 31.9 Å². The van der Waals surface area contributed by atoms with Crippen LogP contribution in [0, 0.1) is 11.7 Å². The van der Waals surface area contributed by atoms with Crippen molar-refractivity contribution in [3.63, 3.8) is 0 Å². The van der Waals surface area contributed by atoms with Crippen molar-refractivity contribution in [2.24, 2.45) is 5.92 Å². The molecular formula is C17H20Cl2FNO. The Bertz CT molecular complexity index is 619. The Morgan fingerprint density at radius 2 is 1.59 bits per heavy atom. The number of anilines is 1. The van der Waals surface area contributed by atoms with Crippen molar-refractivity contribution >= 4 is 28.9 Å². The average Bonchev–Trinajstić information content (AvgIpc) is 2.35. The van der Waals surface area contributed by atoms with Crippen LogP contribution in [0.5, 0.6) is 5.75 Å². The molecule has 0 amide bonds. The second-order valence-corrected chi connectivity index (χ2v) is 6.46. The Kier molecular flexibility index (Phi) is 6.98. The smallest absolute Gasteiger partial charge is 0.130 e. The summed E-state index contributed by atoms with van der Waals surface area (Å²) < 4.78 is 13.6. The zero-order valence-electron chi connectivity index (χ0n) is 12.8. The van der Waals surface area contributed by atoms with Crippen LogP contribution in [-0.4, -0.2) is 5.11 Å². The van der Waals surface area contributed by atoms with Crippen LogP contribution in [0.4, 0.5) is 10.1 Å². The highest BCUT2D eigenvalue weighted by Gasteiger charge is 2.11. The van der Waals surface area contributed by atoms with Gasteiger partial charge in [-0.25, -0.2) is 4.39 Å². The minimum Gasteiger partial charge on any atom is -0.508 e. The lowest BCUT2D eigenvalue weighted by atomic mass is 10.0. The number of nitrogens with two attached hydrogens (primary N) is 1. The lowest BCUT2D eigenvalue weighted by molar-refractivity contribution is 0.468. The maximum Gasteiger partial charge on any atom is 0.130 e. The molecule has 3 N–H and O–H groups in total. The first-order chi connectivity index (χ1) is 10.2. The van der Waals surface area contributed by atoms with Gasteiger partial charge >= 0.3 is 0 Å². The van der Waals surface area contributed by atoms with Crippen molar-refractivity contribution in [3.8, 4) is 5.75 Å². The lowest BCUT2D eigenvalue weighted by Gasteiger charge is -2.09. The van der Waals surface area contributed by atoms with E-state index >= 15 is 0 Å². The maximum absolute atomic E-state index is 13.6. The first-order valence-corrected chi connectivity index (χ1v) is 7.67. The van der Waals surface area contributed by atoms with E-state index in [2.05, 4.69) is 20.8 Å². The second-order valence-electron chi connectivity index (χ2n) is 5.65. The summed E-state index contributed by atoms with van der Waals surface area (Å²) in [4.78, 5) is 0. The molecule has 0 aromatic heterocycles. The van der Waals surface area contributed by atoms with Gasteiger partial charge in [0.1, 0.15) is 11.6 Å². The van der Waals surface area contributed by atoms with Gasteiger partial charge in [-0.2, -0.15) is 0 Å². The number of phenolic OH excluding ortho intramolecular Hbond substituents is 1. The molecule has 2 nitrogen and oxygen atoms in total. The summed E-state index contributed by atoms with van der Waals surface area (Å²) in [6.07, 6.45) is 0.240. The minimum atomic E-state index is -0.501. The summed E-state index contributed by atoms with van der Waals surface area (Å²) in [5, 5.41) is 9.93. The molecule has 0 bridgehead atoms. The molecule has 0 aliphatic rings. The second kappa shape index (κ2) is 8.25. The molecule has 120 valence electrons. The third-order valence-electron chi connectivity index (χ3n) is 2.57. The Balaban J connectivity index is 0.000000541. The van der Waals surface area contributed by atoms with Crippen LogP contribution in [0.3, 0.4) is 0 Å². The minimum absolute atomic E-state index is 0.120. The number of rotatable bonds is 2. The van der Waals surface area contributed by atoms with E-state index in [0.29, 0.717) is 26.9 Å². The predicted molar refractivity (Wildman–Crippen MR) is 92.3 cm³/mol. The first kappa shape index (κ1) is 18.6. The molecule has 0 heterocycles. The van der Waals surface area contributed by atoms with E-state index in [4.69, 9.17) is 34.0 Å². The van der Waals surface area contributed by atoms with Gasteiger partial charge < -0.3 is 10.8 Å². The molecular weight excluding hydrogens is 324 g/mol. The molecule has 0 aliphatic carbocycles. The topological polar surface area (TPSA) is 46.2 Å². The molecule has 0 radical (unpaired) electrons. The Morgan fingerprint density at radius 1 is 1.09 bits per heavy atom. The van der Waals surface area contributed by atoms with Crippen molar-refractivity contribution in [1.29, 1.82) is 0 Å². The third-order valence-corrected chi connectivity index (χ3v) is 3.24. The molecule has 0 atom stereocenters. The molecule has 2 aromatic carbocycles. The predicted octanol–water partition coefficient (Wildman–Crippen LogP) is 5.67. The molecule has 22 heavy (non-hydrogen) atoms. The quantitative estimate of drug-likeness (QED) is 0.689. The highest BCUT2D eigenvalue weighted by atomic mass is 35.5. The van der Waals surface area contributed by atoms with Gasteiger partial charge in [-0.3, -0.25) is 0 Å².